The highest BCUT2D eigenvalue weighted by atomic mass is 16.5. The number of unbranched alkanes of at least 4 members (excludes halogenated alkanes) is 1. The molecule has 15 heavy (non-hydrogen) atoms. The molecule has 0 fully saturated rings. The van der Waals surface area contributed by atoms with E-state index in [0.717, 1.165) is 12.8 Å². The molecule has 4 heteroatoms. The number of hydrogen-bond donors (Lipinski definition) is 2. The second-order valence-corrected chi connectivity index (χ2v) is 3.25. The molecule has 0 aromatic heterocycles. The van der Waals surface area contributed by atoms with Crippen molar-refractivity contribution in [2.45, 2.75) is 38.7 Å². The SMILES string of the molecule is CCOC(=O)CC(O)CCC/C=C/CO. The molecule has 4 nitrogen and oxygen atoms in total. The van der Waals surface area contributed by atoms with E-state index in [9.17, 15) is 9.90 Å². The molecule has 0 heterocycles. The maximum absolute atomic E-state index is 11.0. The van der Waals surface area contributed by atoms with Crippen LogP contribution >= 0.6 is 0 Å². The van der Waals surface area contributed by atoms with E-state index in [1.807, 2.05) is 6.08 Å². The summed E-state index contributed by atoms with van der Waals surface area (Å²) >= 11 is 0. The molecule has 0 spiro atoms. The maximum Gasteiger partial charge on any atom is 0.308 e. The molecule has 0 bridgehead atoms. The Labute approximate surface area is 90.6 Å². The number of hydrogen-bond acceptors (Lipinski definition) is 4. The summed E-state index contributed by atoms with van der Waals surface area (Å²) in [5, 5.41) is 17.9. The van der Waals surface area contributed by atoms with Gasteiger partial charge in [0.1, 0.15) is 0 Å². The minimum Gasteiger partial charge on any atom is -0.466 e. The van der Waals surface area contributed by atoms with Crippen LogP contribution in [0.2, 0.25) is 0 Å². The van der Waals surface area contributed by atoms with Gasteiger partial charge in [0.05, 0.1) is 25.7 Å². The first-order chi connectivity index (χ1) is 7.20. The summed E-state index contributed by atoms with van der Waals surface area (Å²) in [6, 6.07) is 0. The van der Waals surface area contributed by atoms with Crippen LogP contribution in [0.1, 0.15) is 32.6 Å². The Morgan fingerprint density at radius 3 is 2.80 bits per heavy atom. The fourth-order valence-electron chi connectivity index (χ4n) is 1.18. The largest absolute Gasteiger partial charge is 0.466 e. The summed E-state index contributed by atoms with van der Waals surface area (Å²) in [4.78, 5) is 11.0. The Morgan fingerprint density at radius 1 is 1.47 bits per heavy atom. The molecule has 0 aliphatic heterocycles. The number of aliphatic hydroxyl groups excluding tert-OH is 2. The minimum absolute atomic E-state index is 0.0470. The van der Waals surface area contributed by atoms with Gasteiger partial charge in [0.25, 0.3) is 0 Å². The van der Waals surface area contributed by atoms with Crippen LogP contribution in [-0.2, 0) is 9.53 Å². The van der Waals surface area contributed by atoms with Crippen molar-refractivity contribution >= 4 is 5.97 Å². The number of allylic oxidation sites excluding steroid dienone is 1. The number of rotatable bonds is 8. The van der Waals surface area contributed by atoms with Crippen molar-refractivity contribution in [1.29, 1.82) is 0 Å². The van der Waals surface area contributed by atoms with E-state index in [4.69, 9.17) is 9.84 Å². The Kier molecular flexibility index (Phi) is 9.11. The topological polar surface area (TPSA) is 66.8 Å². The zero-order chi connectivity index (χ0) is 11.5. The third kappa shape index (κ3) is 9.43. The van der Waals surface area contributed by atoms with Crippen LogP contribution in [0.5, 0.6) is 0 Å². The van der Waals surface area contributed by atoms with E-state index in [1.165, 1.54) is 0 Å². The molecule has 0 rings (SSSR count). The summed E-state index contributed by atoms with van der Waals surface area (Å²) in [5.74, 6) is -0.351. The van der Waals surface area contributed by atoms with Gasteiger partial charge in [-0.1, -0.05) is 12.2 Å². The highest BCUT2D eigenvalue weighted by Gasteiger charge is 2.10. The van der Waals surface area contributed by atoms with Gasteiger partial charge in [0.15, 0.2) is 0 Å². The van der Waals surface area contributed by atoms with E-state index >= 15 is 0 Å². The third-order valence-electron chi connectivity index (χ3n) is 1.89. The van der Waals surface area contributed by atoms with E-state index in [1.54, 1.807) is 13.0 Å². The van der Waals surface area contributed by atoms with Crippen LogP contribution in [0.15, 0.2) is 12.2 Å². The van der Waals surface area contributed by atoms with Crippen LogP contribution in [0.3, 0.4) is 0 Å². The average Bonchev–Trinajstić information content (AvgIpc) is 2.17. The van der Waals surface area contributed by atoms with Crippen molar-refractivity contribution in [3.8, 4) is 0 Å². The molecule has 0 saturated carbocycles. The normalized spacial score (nSPS) is 13.0. The highest BCUT2D eigenvalue weighted by Crippen LogP contribution is 2.06. The van der Waals surface area contributed by atoms with Crippen LogP contribution in [0.4, 0.5) is 0 Å². The van der Waals surface area contributed by atoms with Crippen LogP contribution < -0.4 is 0 Å². The van der Waals surface area contributed by atoms with Gasteiger partial charge in [0, 0.05) is 0 Å². The number of esters is 1. The third-order valence-corrected chi connectivity index (χ3v) is 1.89. The Balaban J connectivity index is 3.44. The summed E-state index contributed by atoms with van der Waals surface area (Å²) in [6.07, 6.45) is 5.16. The smallest absolute Gasteiger partial charge is 0.308 e. The molecule has 88 valence electrons. The highest BCUT2D eigenvalue weighted by molar-refractivity contribution is 5.69. The molecule has 0 aliphatic carbocycles. The number of carbonyl (C=O) groups is 1. The van der Waals surface area contributed by atoms with Crippen molar-refractivity contribution in [3.63, 3.8) is 0 Å². The maximum atomic E-state index is 11.0. The van der Waals surface area contributed by atoms with Crippen molar-refractivity contribution in [1.82, 2.24) is 0 Å². The zero-order valence-electron chi connectivity index (χ0n) is 9.19. The van der Waals surface area contributed by atoms with Gasteiger partial charge in [-0.05, 0) is 26.2 Å². The first kappa shape index (κ1) is 14.1. The first-order valence-electron chi connectivity index (χ1n) is 5.30. The molecular weight excluding hydrogens is 196 g/mol. The summed E-state index contributed by atoms with van der Waals surface area (Å²) in [7, 11) is 0. The van der Waals surface area contributed by atoms with Crippen LogP contribution in [0.25, 0.3) is 0 Å². The molecule has 0 aliphatic rings. The van der Waals surface area contributed by atoms with Gasteiger partial charge in [-0.15, -0.1) is 0 Å². The molecule has 1 unspecified atom stereocenters. The van der Waals surface area contributed by atoms with Crippen LogP contribution in [0, 0.1) is 0 Å². The fourth-order valence-corrected chi connectivity index (χ4v) is 1.18. The van der Waals surface area contributed by atoms with Crippen molar-refractivity contribution in [3.05, 3.63) is 12.2 Å². The lowest BCUT2D eigenvalue weighted by molar-refractivity contribution is -0.145. The Morgan fingerprint density at radius 2 is 2.20 bits per heavy atom. The lowest BCUT2D eigenvalue weighted by Crippen LogP contribution is -2.15. The van der Waals surface area contributed by atoms with Crippen molar-refractivity contribution in [2.24, 2.45) is 0 Å². The predicted molar refractivity (Wildman–Crippen MR) is 57.3 cm³/mol. The standard InChI is InChI=1S/C11H20O4/c1-2-15-11(14)9-10(13)7-5-3-4-6-8-12/h4,6,10,12-13H,2-3,5,7-9H2,1H3/b6-4+. The van der Waals surface area contributed by atoms with Gasteiger partial charge in [-0.3, -0.25) is 4.79 Å². The predicted octanol–water partition coefficient (Wildman–Crippen LogP) is 1.02. The van der Waals surface area contributed by atoms with E-state index in [2.05, 4.69) is 0 Å². The summed E-state index contributed by atoms with van der Waals surface area (Å²) < 4.78 is 4.71. The lowest BCUT2D eigenvalue weighted by atomic mass is 10.1. The fraction of sp³-hybridized carbons (Fsp3) is 0.727. The molecule has 0 saturated heterocycles. The number of ether oxygens (including phenoxy) is 1. The van der Waals surface area contributed by atoms with E-state index < -0.39 is 6.10 Å². The number of aliphatic hydroxyl groups is 2. The average molecular weight is 216 g/mol. The van der Waals surface area contributed by atoms with Gasteiger partial charge in [-0.2, -0.15) is 0 Å². The Hall–Kier alpha value is -0.870. The second-order valence-electron chi connectivity index (χ2n) is 3.25. The summed E-state index contributed by atoms with van der Waals surface area (Å²) in [5.41, 5.74) is 0. The van der Waals surface area contributed by atoms with Crippen LogP contribution in [-0.4, -0.2) is 35.5 Å². The van der Waals surface area contributed by atoms with E-state index in [0.29, 0.717) is 13.0 Å². The van der Waals surface area contributed by atoms with Gasteiger partial charge < -0.3 is 14.9 Å². The quantitative estimate of drug-likeness (QED) is 0.361. The first-order valence-corrected chi connectivity index (χ1v) is 5.30. The molecular formula is C11H20O4. The van der Waals surface area contributed by atoms with Gasteiger partial charge in [-0.25, -0.2) is 0 Å². The second kappa shape index (κ2) is 9.68. The van der Waals surface area contributed by atoms with Gasteiger partial charge in [0.2, 0.25) is 0 Å². The molecule has 2 N–H and O–H groups in total. The molecule has 0 aromatic rings. The molecule has 0 radical (unpaired) electrons. The van der Waals surface area contributed by atoms with E-state index in [-0.39, 0.29) is 19.0 Å². The summed E-state index contributed by atoms with van der Waals surface area (Å²) in [6.45, 7) is 2.14. The van der Waals surface area contributed by atoms with Crippen molar-refractivity contribution in [2.75, 3.05) is 13.2 Å². The lowest BCUT2D eigenvalue weighted by Gasteiger charge is -2.08. The van der Waals surface area contributed by atoms with Gasteiger partial charge >= 0.3 is 5.97 Å². The molecule has 0 amide bonds. The van der Waals surface area contributed by atoms with Crippen molar-refractivity contribution < 1.29 is 19.7 Å². The Bertz CT molecular complexity index is 189. The minimum atomic E-state index is -0.619. The monoisotopic (exact) mass is 216 g/mol. The molecule has 1 atom stereocenters. The number of carbonyl (C=O) groups excluding carboxylic acids is 1. The zero-order valence-corrected chi connectivity index (χ0v) is 9.19. The molecule has 0 aromatic carbocycles.